The molecule has 4 N–H and O–H groups in total. The fourth-order valence-electron chi connectivity index (χ4n) is 3.64. The first-order valence-corrected chi connectivity index (χ1v) is 12.4. The lowest BCUT2D eigenvalue weighted by molar-refractivity contribution is -0.0884. The number of hydrogen-bond acceptors (Lipinski definition) is 6. The van der Waals surface area contributed by atoms with Crippen LogP contribution in [0.1, 0.15) is 19.3 Å². The van der Waals surface area contributed by atoms with Crippen molar-refractivity contribution >= 4 is 33.3 Å². The van der Waals surface area contributed by atoms with E-state index in [-0.39, 0.29) is 30.2 Å². The van der Waals surface area contributed by atoms with Crippen LogP contribution in [0.25, 0.3) is 0 Å². The number of ether oxygens (including phenoxy) is 2. The summed E-state index contributed by atoms with van der Waals surface area (Å²) in [5.41, 5.74) is 0.528. The molecule has 0 aromatic heterocycles. The Morgan fingerprint density at radius 1 is 1.18 bits per heavy atom. The molecule has 1 heterocycles. The Bertz CT molecular complexity index is 1030. The summed E-state index contributed by atoms with van der Waals surface area (Å²) in [6, 6.07) is 12.1. The third-order valence-corrected chi connectivity index (χ3v) is 7.08. The van der Waals surface area contributed by atoms with Crippen molar-refractivity contribution < 1.29 is 27.8 Å². The highest BCUT2D eigenvalue weighted by Gasteiger charge is 2.32. The van der Waals surface area contributed by atoms with Crippen LogP contribution in [-0.2, 0) is 14.8 Å². The van der Waals surface area contributed by atoms with E-state index in [1.807, 2.05) is 0 Å². The van der Waals surface area contributed by atoms with Crippen LogP contribution in [0.5, 0.6) is 5.75 Å². The fraction of sp³-hybridized carbons (Fsp3) is 0.409. The third kappa shape index (κ3) is 7.05. The molecular weight excluding hydrogens is 470 g/mol. The van der Waals surface area contributed by atoms with Crippen LogP contribution in [0.4, 0.5) is 10.5 Å². The molecule has 9 nitrogen and oxygen atoms in total. The van der Waals surface area contributed by atoms with Crippen molar-refractivity contribution in [1.82, 2.24) is 10.0 Å². The van der Waals surface area contributed by atoms with E-state index in [2.05, 4.69) is 15.4 Å². The van der Waals surface area contributed by atoms with Gasteiger partial charge in [-0.1, -0.05) is 23.7 Å². The fourth-order valence-corrected chi connectivity index (χ4v) is 4.81. The van der Waals surface area contributed by atoms with Crippen molar-refractivity contribution in [3.63, 3.8) is 0 Å². The number of amides is 2. The van der Waals surface area contributed by atoms with Gasteiger partial charge in [0.05, 0.1) is 36.4 Å². The molecule has 0 aliphatic carbocycles. The molecule has 1 aliphatic heterocycles. The van der Waals surface area contributed by atoms with Crippen molar-refractivity contribution in [2.45, 2.75) is 42.4 Å². The maximum absolute atomic E-state index is 12.4. The second-order valence-corrected chi connectivity index (χ2v) is 9.81. The number of aliphatic hydroxyl groups is 1. The van der Waals surface area contributed by atoms with Crippen LogP contribution < -0.4 is 20.1 Å². The average Bonchev–Trinajstić information content (AvgIpc) is 2.80. The molecule has 180 valence electrons. The molecule has 3 rings (SSSR count). The van der Waals surface area contributed by atoms with Crippen molar-refractivity contribution in [3.8, 4) is 5.75 Å². The molecule has 1 saturated heterocycles. The minimum atomic E-state index is -3.65. The zero-order valence-electron chi connectivity index (χ0n) is 18.2. The van der Waals surface area contributed by atoms with E-state index in [4.69, 9.17) is 21.1 Å². The monoisotopic (exact) mass is 497 g/mol. The number of sulfonamides is 1. The van der Waals surface area contributed by atoms with E-state index >= 15 is 0 Å². The Labute approximate surface area is 198 Å². The molecule has 2 amide bonds. The minimum absolute atomic E-state index is 0.134. The first kappa shape index (κ1) is 25.3. The van der Waals surface area contributed by atoms with E-state index in [9.17, 15) is 18.3 Å². The van der Waals surface area contributed by atoms with Crippen molar-refractivity contribution in [2.75, 3.05) is 25.6 Å². The summed E-state index contributed by atoms with van der Waals surface area (Å²) in [7, 11) is -2.13. The van der Waals surface area contributed by atoms with E-state index < -0.39 is 22.2 Å². The summed E-state index contributed by atoms with van der Waals surface area (Å²) >= 11 is 5.80. The SMILES string of the molecule is COc1ccccc1NC(=O)N[C@H]1CC[C@H](CCNS(=O)(=O)c2ccc(Cl)cc2)O[C@@H]1CO. The molecule has 3 atom stereocenters. The van der Waals surface area contributed by atoms with Gasteiger partial charge in [0.2, 0.25) is 10.0 Å². The molecular formula is C22H28ClN3O6S. The van der Waals surface area contributed by atoms with Gasteiger partial charge in [-0.15, -0.1) is 0 Å². The first-order valence-electron chi connectivity index (χ1n) is 10.5. The van der Waals surface area contributed by atoms with Gasteiger partial charge in [-0.25, -0.2) is 17.9 Å². The van der Waals surface area contributed by atoms with Gasteiger partial charge in [0.15, 0.2) is 0 Å². The van der Waals surface area contributed by atoms with Crippen LogP contribution in [0, 0.1) is 0 Å². The highest BCUT2D eigenvalue weighted by atomic mass is 35.5. The lowest BCUT2D eigenvalue weighted by atomic mass is 9.97. The number of aliphatic hydroxyl groups excluding tert-OH is 1. The summed E-state index contributed by atoms with van der Waals surface area (Å²) in [5.74, 6) is 0.535. The topological polar surface area (TPSA) is 126 Å². The van der Waals surface area contributed by atoms with Crippen LogP contribution in [-0.4, -0.2) is 58.1 Å². The van der Waals surface area contributed by atoms with Crippen molar-refractivity contribution in [3.05, 3.63) is 53.6 Å². The van der Waals surface area contributed by atoms with Gasteiger partial charge in [0.25, 0.3) is 0 Å². The van der Waals surface area contributed by atoms with Gasteiger partial charge in [-0.05, 0) is 55.7 Å². The van der Waals surface area contributed by atoms with Crippen molar-refractivity contribution in [1.29, 1.82) is 0 Å². The van der Waals surface area contributed by atoms with Gasteiger partial charge in [0, 0.05) is 11.6 Å². The predicted octanol–water partition coefficient (Wildman–Crippen LogP) is 2.75. The molecule has 0 unspecified atom stereocenters. The number of methoxy groups -OCH3 is 1. The Balaban J connectivity index is 1.48. The minimum Gasteiger partial charge on any atom is -0.495 e. The average molecular weight is 498 g/mol. The number of hydrogen-bond donors (Lipinski definition) is 4. The molecule has 2 aromatic carbocycles. The number of nitrogens with one attached hydrogen (secondary N) is 3. The van der Waals surface area contributed by atoms with E-state index in [0.717, 1.165) is 0 Å². The number of rotatable bonds is 9. The molecule has 0 spiro atoms. The first-order chi connectivity index (χ1) is 15.8. The highest BCUT2D eigenvalue weighted by molar-refractivity contribution is 7.89. The number of anilines is 1. The number of urea groups is 1. The number of carbonyl (C=O) groups is 1. The number of halogens is 1. The number of para-hydroxylation sites is 2. The Hall–Kier alpha value is -2.37. The lowest BCUT2D eigenvalue weighted by Gasteiger charge is -2.36. The Morgan fingerprint density at radius 2 is 1.91 bits per heavy atom. The van der Waals surface area contributed by atoms with Crippen LogP contribution in [0.15, 0.2) is 53.4 Å². The largest absolute Gasteiger partial charge is 0.495 e. The second kappa shape index (κ2) is 11.7. The summed E-state index contributed by atoms with van der Waals surface area (Å²) < 4.78 is 38.4. The van der Waals surface area contributed by atoms with Crippen LogP contribution in [0.3, 0.4) is 0 Å². The third-order valence-electron chi connectivity index (χ3n) is 5.35. The van der Waals surface area contributed by atoms with Crippen LogP contribution in [0.2, 0.25) is 5.02 Å². The second-order valence-electron chi connectivity index (χ2n) is 7.60. The Kier molecular flexibility index (Phi) is 8.93. The maximum atomic E-state index is 12.4. The summed E-state index contributed by atoms with van der Waals surface area (Å²) in [6.07, 6.45) is 0.784. The normalized spacial score (nSPS) is 20.8. The summed E-state index contributed by atoms with van der Waals surface area (Å²) in [6.45, 7) is -0.0905. The highest BCUT2D eigenvalue weighted by Crippen LogP contribution is 2.24. The predicted molar refractivity (Wildman–Crippen MR) is 125 cm³/mol. The lowest BCUT2D eigenvalue weighted by Crippen LogP contribution is -2.52. The van der Waals surface area contributed by atoms with Gasteiger partial charge >= 0.3 is 6.03 Å². The molecule has 0 saturated carbocycles. The summed E-state index contributed by atoms with van der Waals surface area (Å²) in [4.78, 5) is 12.6. The molecule has 2 aromatic rings. The van der Waals surface area contributed by atoms with E-state index in [1.165, 1.54) is 31.4 Å². The van der Waals surface area contributed by atoms with E-state index in [1.54, 1.807) is 24.3 Å². The standard InChI is InChI=1S/C22H28ClN3O6S/c1-31-20-5-3-2-4-18(20)25-22(28)26-19-11-8-16(32-21(19)14-27)12-13-24-33(29,30)17-9-6-15(23)7-10-17/h2-7,9-10,16,19,21,24,27H,8,11-14H2,1H3,(H2,25,26,28)/t16-,19+,21-/m1/s1. The van der Waals surface area contributed by atoms with Gasteiger partial charge in [-0.2, -0.15) is 0 Å². The van der Waals surface area contributed by atoms with Crippen LogP contribution >= 0.6 is 11.6 Å². The Morgan fingerprint density at radius 3 is 2.61 bits per heavy atom. The van der Waals surface area contributed by atoms with Gasteiger partial charge in [0.1, 0.15) is 11.9 Å². The quantitative estimate of drug-likeness (QED) is 0.422. The molecule has 33 heavy (non-hydrogen) atoms. The smallest absolute Gasteiger partial charge is 0.319 e. The van der Waals surface area contributed by atoms with E-state index in [0.29, 0.717) is 35.7 Å². The molecule has 11 heteroatoms. The summed E-state index contributed by atoms with van der Waals surface area (Å²) in [5, 5.41) is 15.8. The maximum Gasteiger partial charge on any atom is 0.319 e. The molecule has 1 fully saturated rings. The molecule has 1 aliphatic rings. The van der Waals surface area contributed by atoms with Gasteiger partial charge in [-0.3, -0.25) is 0 Å². The zero-order chi connectivity index (χ0) is 23.8. The molecule has 0 radical (unpaired) electrons. The molecule has 0 bridgehead atoms. The van der Waals surface area contributed by atoms with Gasteiger partial charge < -0.3 is 25.2 Å². The number of benzene rings is 2. The van der Waals surface area contributed by atoms with Crippen molar-refractivity contribution in [2.24, 2.45) is 0 Å². The zero-order valence-corrected chi connectivity index (χ0v) is 19.7. The number of carbonyl (C=O) groups excluding carboxylic acids is 1.